The van der Waals surface area contributed by atoms with Crippen LogP contribution >= 0.6 is 11.3 Å². The Kier molecular flexibility index (Phi) is 24.2. The minimum absolute atomic E-state index is 0.00628. The Morgan fingerprint density at radius 1 is 0.472 bits per heavy atom. The molecule has 0 spiro atoms. The monoisotopic (exact) mass is 1450 g/mol. The van der Waals surface area contributed by atoms with Crippen LogP contribution in [0.4, 0.5) is 0 Å². The number of carbonyl (C=O) groups is 5. The lowest BCUT2D eigenvalue weighted by Gasteiger charge is -2.56. The summed E-state index contributed by atoms with van der Waals surface area (Å²) in [6.45, 7) is 1.28. The molecule has 5 saturated carbocycles. The third-order valence-corrected chi connectivity index (χ3v) is 19.9. The van der Waals surface area contributed by atoms with Gasteiger partial charge in [-0.3, -0.25) is 9.59 Å². The average molecular weight is 1450 g/mol. The zero-order valence-corrected chi connectivity index (χ0v) is 60.3. The molecule has 12 aromatic rings. The van der Waals surface area contributed by atoms with Crippen LogP contribution in [0.15, 0.2) is 162 Å². The fourth-order valence-electron chi connectivity index (χ4n) is 14.0. The molecular formula is C74H80N22O9S. The summed E-state index contributed by atoms with van der Waals surface area (Å²) in [6.07, 6.45) is 16.3. The van der Waals surface area contributed by atoms with Gasteiger partial charge < -0.3 is 29.3 Å². The summed E-state index contributed by atoms with van der Waals surface area (Å²) < 4.78 is 28.1. The van der Waals surface area contributed by atoms with Crippen molar-refractivity contribution in [3.05, 3.63) is 196 Å². The lowest BCUT2D eigenvalue weighted by molar-refractivity contribution is -0.0167. The molecule has 0 atom stereocenters. The highest BCUT2D eigenvalue weighted by Gasteiger charge is 2.51. The van der Waals surface area contributed by atoms with Crippen molar-refractivity contribution in [3.8, 4) is 56.9 Å². The summed E-state index contributed by atoms with van der Waals surface area (Å²) in [5.41, 5.74) is 7.26. The zero-order chi connectivity index (χ0) is 73.9. The number of nitrogens with zero attached hydrogens (tertiary/aromatic N) is 20. The molecule has 546 valence electrons. The Morgan fingerprint density at radius 2 is 0.858 bits per heavy atom. The van der Waals surface area contributed by atoms with E-state index in [2.05, 4.69) is 93.0 Å². The summed E-state index contributed by atoms with van der Waals surface area (Å²) in [5.74, 6) is 6.02. The highest BCUT2D eigenvalue weighted by atomic mass is 32.1. The van der Waals surface area contributed by atoms with Crippen LogP contribution < -0.4 is 10.6 Å². The number of esters is 3. The van der Waals surface area contributed by atoms with E-state index in [-0.39, 0.29) is 35.9 Å². The zero-order valence-electron chi connectivity index (χ0n) is 59.5. The minimum Gasteiger partial charge on any atom is -0.466 e. The fourth-order valence-corrected chi connectivity index (χ4v) is 14.7. The maximum Gasteiger partial charge on any atom is 0.338 e. The standard InChI is InChI=1S/C19H23N5O.C16H21N5O.C15H14N4O2S.C14H12N4O3.C10H10N4O2/c1-24-17(21-22-23-24)15-2-4-16(5-3-15)18(25)20-19-9-12-6-13(10-19)8-14(7-12)11-19;1-21-15(18-19-20-21)13-7-9-14(10-8-13)16(22)17-11-12-5-3-2-4-6-12;1-19-14(16-17-18-19)11-4-6-12(7-5-11)15(20)21-9-8-13-3-2-10-22-13;1-18-13(15-16-17-18)10-4-6-11(7-5-10)14(19)21-9-12-3-2-8-20-12;1-14-9(11-12-13-14)7-3-5-8(6-4-7)10(15)16-2/h2-5,12-14H,6-11H2,1H3,(H,20,25);7-10,12H,2-6,11H2,1H3,(H,17,22);2-7,10H,8-9H2,1H3;2-8H,9H2,1H3;3-6H,1-2H3. The number of ether oxygens (including phenoxy) is 3. The number of tetrazole rings is 5. The molecule has 7 heterocycles. The molecule has 0 radical (unpaired) electrons. The molecule has 31 nitrogen and oxygen atoms in total. The van der Waals surface area contributed by atoms with Gasteiger partial charge in [-0.1, -0.05) is 86.0 Å². The fraction of sp³-hybridized carbons (Fsp3) is 0.351. The van der Waals surface area contributed by atoms with Crippen LogP contribution in [-0.4, -0.2) is 157 Å². The molecule has 5 aromatic carbocycles. The minimum atomic E-state index is -0.408. The SMILES string of the molecule is COC(=O)c1ccc(-c2nnnn2C)cc1.Cn1nnnc1-c1ccc(C(=O)NC23CC4CC(CC(C4)C2)C3)cc1.Cn1nnnc1-c1ccc(C(=O)NCC2CCCCC2)cc1.Cn1nnnc1-c1ccc(C(=O)OCCc2cccs2)cc1.Cn1nnnc1-c1ccc(C(=O)OCc2ccco2)cc1. The number of furan rings is 1. The molecule has 32 heteroatoms. The van der Waals surface area contributed by atoms with Crippen LogP contribution in [0.3, 0.4) is 0 Å². The molecule has 5 fully saturated rings. The number of nitrogens with one attached hydrogen (secondary N) is 2. The van der Waals surface area contributed by atoms with E-state index in [0.717, 1.165) is 64.1 Å². The molecule has 17 rings (SSSR count). The van der Waals surface area contributed by atoms with Gasteiger partial charge in [0.15, 0.2) is 29.1 Å². The largest absolute Gasteiger partial charge is 0.466 e. The van der Waals surface area contributed by atoms with Crippen molar-refractivity contribution < 1.29 is 42.6 Å². The van der Waals surface area contributed by atoms with Gasteiger partial charge in [-0.05, 0) is 211 Å². The van der Waals surface area contributed by atoms with Gasteiger partial charge >= 0.3 is 17.9 Å². The Hall–Kier alpha value is -12.2. The molecule has 0 aliphatic heterocycles. The van der Waals surface area contributed by atoms with Crippen LogP contribution in [0.25, 0.3) is 56.9 Å². The average Bonchev–Trinajstić information content (AvgIpc) is 1.11. The van der Waals surface area contributed by atoms with E-state index in [1.54, 1.807) is 136 Å². The van der Waals surface area contributed by atoms with E-state index in [0.29, 0.717) is 69.7 Å². The molecule has 0 unspecified atom stereocenters. The van der Waals surface area contributed by atoms with Gasteiger partial charge in [0.1, 0.15) is 12.4 Å². The van der Waals surface area contributed by atoms with Crippen molar-refractivity contribution in [1.82, 2.24) is 112 Å². The second kappa shape index (κ2) is 34.8. The molecule has 5 aliphatic rings. The molecule has 4 bridgehead atoms. The van der Waals surface area contributed by atoms with Crippen LogP contribution in [-0.2, 0) is 62.5 Å². The molecule has 106 heavy (non-hydrogen) atoms. The van der Waals surface area contributed by atoms with E-state index in [1.165, 1.54) is 88.9 Å². The maximum atomic E-state index is 12.8. The Morgan fingerprint density at radius 3 is 1.22 bits per heavy atom. The summed E-state index contributed by atoms with van der Waals surface area (Å²) >= 11 is 1.66. The molecule has 7 aromatic heterocycles. The quantitative estimate of drug-likeness (QED) is 0.0596. The van der Waals surface area contributed by atoms with E-state index < -0.39 is 5.97 Å². The number of rotatable bonds is 18. The highest BCUT2D eigenvalue weighted by Crippen LogP contribution is 2.55. The number of aryl methyl sites for hydroxylation is 5. The molecule has 5 aliphatic carbocycles. The number of methoxy groups -OCH3 is 1. The number of thiophene rings is 1. The normalized spacial score (nSPS) is 16.8. The molecule has 2 N–H and O–H groups in total. The lowest BCUT2D eigenvalue weighted by Crippen LogP contribution is -2.59. The van der Waals surface area contributed by atoms with Crippen molar-refractivity contribution in [2.24, 2.45) is 58.9 Å². The van der Waals surface area contributed by atoms with Gasteiger partial charge in [0, 0.05) is 97.6 Å². The second-order valence-corrected chi connectivity index (χ2v) is 27.5. The van der Waals surface area contributed by atoms with Crippen molar-refractivity contribution in [2.45, 2.75) is 89.2 Å². The third-order valence-electron chi connectivity index (χ3n) is 19.0. The van der Waals surface area contributed by atoms with Crippen LogP contribution in [0, 0.1) is 23.7 Å². The first-order valence-corrected chi connectivity index (χ1v) is 35.6. The Labute approximate surface area is 613 Å². The second-order valence-electron chi connectivity index (χ2n) is 26.5. The van der Waals surface area contributed by atoms with Crippen molar-refractivity contribution in [2.75, 3.05) is 20.3 Å². The lowest BCUT2D eigenvalue weighted by atomic mass is 9.53. The van der Waals surface area contributed by atoms with Gasteiger partial charge in [-0.15, -0.1) is 36.8 Å². The van der Waals surface area contributed by atoms with Crippen molar-refractivity contribution in [1.29, 1.82) is 0 Å². The Balaban J connectivity index is 0.000000125. The number of benzene rings is 5. The number of hydrogen-bond donors (Lipinski definition) is 2. The van der Waals surface area contributed by atoms with Gasteiger partial charge in [0.2, 0.25) is 0 Å². The molecule has 2 amide bonds. The Bertz CT molecular complexity index is 4800. The van der Waals surface area contributed by atoms with Crippen molar-refractivity contribution >= 4 is 41.1 Å². The van der Waals surface area contributed by atoms with Crippen molar-refractivity contribution in [3.63, 3.8) is 0 Å². The number of aromatic nitrogens is 20. The maximum absolute atomic E-state index is 12.8. The summed E-state index contributed by atoms with van der Waals surface area (Å²) in [7, 11) is 10.2. The van der Waals surface area contributed by atoms with E-state index in [9.17, 15) is 24.0 Å². The predicted octanol–water partition coefficient (Wildman–Crippen LogP) is 9.59. The first kappa shape index (κ1) is 73.5. The van der Waals surface area contributed by atoms with Gasteiger partial charge in [0.25, 0.3) is 11.8 Å². The smallest absolute Gasteiger partial charge is 0.338 e. The molecule has 0 saturated heterocycles. The van der Waals surface area contributed by atoms with Crippen LogP contribution in [0.1, 0.15) is 133 Å². The molecular weight excluding hydrogens is 1370 g/mol. The summed E-state index contributed by atoms with van der Waals surface area (Å²) in [6, 6.07) is 43.3. The number of hydrogen-bond acceptors (Lipinski definition) is 25. The van der Waals surface area contributed by atoms with E-state index >= 15 is 0 Å². The van der Waals surface area contributed by atoms with Gasteiger partial charge in [-0.2, -0.15) is 0 Å². The third kappa shape index (κ3) is 19.0. The van der Waals surface area contributed by atoms with Crippen LogP contribution in [0.2, 0.25) is 0 Å². The topological polar surface area (TPSA) is 368 Å². The number of carbonyl (C=O) groups excluding carboxylic acids is 5. The first-order chi connectivity index (χ1) is 51.5. The summed E-state index contributed by atoms with van der Waals surface area (Å²) in [4.78, 5) is 61.3. The highest BCUT2D eigenvalue weighted by molar-refractivity contribution is 7.09. The first-order valence-electron chi connectivity index (χ1n) is 34.8. The van der Waals surface area contributed by atoms with Crippen LogP contribution in [0.5, 0.6) is 0 Å². The van der Waals surface area contributed by atoms with E-state index in [1.807, 2.05) is 85.2 Å². The van der Waals surface area contributed by atoms with E-state index in [4.69, 9.17) is 13.9 Å². The predicted molar refractivity (Wildman–Crippen MR) is 386 cm³/mol. The number of amides is 2. The van der Waals surface area contributed by atoms with Gasteiger partial charge in [-0.25, -0.2) is 37.8 Å². The van der Waals surface area contributed by atoms with Gasteiger partial charge in [0.05, 0.1) is 36.7 Å². The summed E-state index contributed by atoms with van der Waals surface area (Å²) in [5, 5.41) is 65.1.